The highest BCUT2D eigenvalue weighted by Gasteiger charge is 2.54. The Morgan fingerprint density at radius 2 is 1.79 bits per heavy atom. The number of carbonyl (C=O) groups excluding carboxylic acids is 3. The Kier molecular flexibility index (Phi) is 10.1. The highest BCUT2D eigenvalue weighted by atomic mass is 32.2. The van der Waals surface area contributed by atoms with Gasteiger partial charge in [0, 0.05) is 28.9 Å². The molecular weight excluding hydrogens is 702 g/mol. The molecule has 0 bridgehead atoms. The number of carboxylic acid groups (broad SMARTS) is 2. The second-order valence-electron chi connectivity index (χ2n) is 9.79. The van der Waals surface area contributed by atoms with Crippen molar-refractivity contribution < 1.29 is 65.7 Å². The number of nitrogens with two attached hydrogens (primary N) is 1. The number of hydrogen-bond acceptors (Lipinski definition) is 11. The van der Waals surface area contributed by atoms with Gasteiger partial charge in [-0.1, -0.05) is 11.2 Å². The number of nitrogen functional groups attached to an aromatic ring is 1. The summed E-state index contributed by atoms with van der Waals surface area (Å²) in [7, 11) is 0. The van der Waals surface area contributed by atoms with Gasteiger partial charge in [-0.25, -0.2) is 14.6 Å². The van der Waals surface area contributed by atoms with Crippen LogP contribution in [-0.2, 0) is 30.1 Å². The van der Waals surface area contributed by atoms with Gasteiger partial charge in [-0.3, -0.25) is 19.3 Å². The van der Waals surface area contributed by atoms with E-state index in [1.54, 1.807) is 0 Å². The van der Waals surface area contributed by atoms with Crippen molar-refractivity contribution in [3.8, 4) is 0 Å². The van der Waals surface area contributed by atoms with E-state index in [-0.39, 0.29) is 52.1 Å². The van der Waals surface area contributed by atoms with Crippen molar-refractivity contribution in [3.05, 3.63) is 63.8 Å². The Balaban J connectivity index is 0.000000671. The molecule has 2 atom stereocenters. The Hall–Kier alpha value is -5.12. The lowest BCUT2D eigenvalue weighted by molar-refractivity contribution is -0.192. The van der Waals surface area contributed by atoms with Crippen molar-refractivity contribution in [2.24, 2.45) is 5.16 Å². The summed E-state index contributed by atoms with van der Waals surface area (Å²) in [5.74, 6) is -6.36. The number of halogens is 6. The summed E-state index contributed by atoms with van der Waals surface area (Å²) in [4.78, 5) is 65.8. The van der Waals surface area contributed by atoms with Gasteiger partial charge in [0.25, 0.3) is 17.7 Å². The molecule has 0 aliphatic carbocycles. The van der Waals surface area contributed by atoms with Crippen LogP contribution in [0, 0.1) is 0 Å². The molecule has 0 radical (unpaired) electrons. The fourth-order valence-electron chi connectivity index (χ4n) is 4.63. The van der Waals surface area contributed by atoms with Crippen LogP contribution in [0.4, 0.5) is 37.2 Å². The number of oxime groups is 1. The molecule has 0 unspecified atom stereocenters. The molecule has 2 saturated heterocycles. The van der Waals surface area contributed by atoms with Crippen molar-refractivity contribution in [2.45, 2.75) is 30.2 Å². The van der Waals surface area contributed by atoms with Gasteiger partial charge in [0.2, 0.25) is 0 Å². The normalized spacial score (nSPS) is 20.6. The Bertz CT molecular complexity index is 1770. The topological polar surface area (TPSA) is 216 Å². The Labute approximate surface area is 272 Å². The highest BCUT2D eigenvalue weighted by molar-refractivity contribution is 8.00. The molecule has 2 aromatic rings. The zero-order valence-electron chi connectivity index (χ0n) is 23.6. The van der Waals surface area contributed by atoms with Crippen molar-refractivity contribution in [1.29, 1.82) is 0 Å². The molecule has 6 N–H and O–H groups in total. The number of benzene rings is 1. The number of amides is 3. The molecule has 3 aliphatic rings. The number of nitrogens with one attached hydrogen (secondary N) is 1. The molecule has 1 aromatic carbocycles. The number of aromatic nitrogens is 1. The van der Waals surface area contributed by atoms with E-state index in [1.807, 2.05) is 0 Å². The van der Waals surface area contributed by atoms with Crippen molar-refractivity contribution in [3.63, 3.8) is 0 Å². The predicted molar refractivity (Wildman–Crippen MR) is 155 cm³/mol. The molecule has 0 saturated carbocycles. The molecule has 0 spiro atoms. The van der Waals surface area contributed by atoms with Gasteiger partial charge in [-0.15, -0.1) is 23.1 Å². The lowest BCUT2D eigenvalue weighted by Gasteiger charge is -2.49. The summed E-state index contributed by atoms with van der Waals surface area (Å²) < 4.78 is 71.1. The summed E-state index contributed by atoms with van der Waals surface area (Å²) in [6, 6.07) is 3.21. The maximum Gasteiger partial charge on any atom is 0.490 e. The molecule has 3 aliphatic heterocycles. The van der Waals surface area contributed by atoms with Crippen molar-refractivity contribution in [2.75, 3.05) is 22.9 Å². The number of carbonyl (C=O) groups is 5. The highest BCUT2D eigenvalue weighted by Crippen LogP contribution is 2.42. The fourth-order valence-corrected chi connectivity index (χ4v) is 6.48. The van der Waals surface area contributed by atoms with Gasteiger partial charge in [0.05, 0.1) is 5.56 Å². The third-order valence-corrected chi connectivity index (χ3v) is 8.74. The standard InChI is InChI=1S/C24H19F3N6O6S2.C2HF3O2/c25-24(26,27)12-2-1-3-13(7-12)32-5-4-10(19(32)35)6-11-8-40-21-16(20(36)33(21)17(11)22(37)38)30-18(34)15(31-39)14-9-41-23(28)29-14;3-2(4,5)1(6)7/h1-3,6-7,9,16,21,39H,4-5,8H2,(H2,28,29)(H,30,34)(H,37,38);(H,6,7)/b10-6+,31-15-;/t16-,21-;/m1./s1. The minimum atomic E-state index is -5.08. The van der Waals surface area contributed by atoms with Crippen LogP contribution in [0.3, 0.4) is 0 Å². The first-order valence-corrected chi connectivity index (χ1v) is 14.9. The number of aliphatic carboxylic acids is 2. The van der Waals surface area contributed by atoms with Crippen LogP contribution in [0.1, 0.15) is 17.7 Å². The summed E-state index contributed by atoms with van der Waals surface area (Å²) in [5.41, 5.74) is 4.19. The maximum atomic E-state index is 13.1. The van der Waals surface area contributed by atoms with E-state index in [0.29, 0.717) is 0 Å². The van der Waals surface area contributed by atoms with E-state index in [4.69, 9.17) is 15.6 Å². The Morgan fingerprint density at radius 1 is 1.12 bits per heavy atom. The smallest absolute Gasteiger partial charge is 0.477 e. The first-order chi connectivity index (χ1) is 22.3. The van der Waals surface area contributed by atoms with Gasteiger partial charge >= 0.3 is 24.3 Å². The number of rotatable bonds is 6. The van der Waals surface area contributed by atoms with Crippen molar-refractivity contribution >= 4 is 69.3 Å². The van der Waals surface area contributed by atoms with E-state index in [1.165, 1.54) is 28.5 Å². The van der Waals surface area contributed by atoms with Gasteiger partial charge < -0.3 is 31.4 Å². The van der Waals surface area contributed by atoms with Crippen LogP contribution in [-0.4, -0.2) is 90.6 Å². The van der Waals surface area contributed by atoms with E-state index in [9.17, 15) is 55.8 Å². The van der Waals surface area contributed by atoms with E-state index in [0.717, 1.165) is 40.1 Å². The minimum absolute atomic E-state index is 0.00661. The largest absolute Gasteiger partial charge is 0.490 e. The van der Waals surface area contributed by atoms with Crippen LogP contribution in [0.2, 0.25) is 0 Å². The fraction of sp³-hybridized carbons (Fsp3) is 0.269. The average molecular weight is 723 g/mol. The first-order valence-electron chi connectivity index (χ1n) is 13.0. The third kappa shape index (κ3) is 7.38. The molecule has 14 nitrogen and oxygen atoms in total. The molecule has 48 heavy (non-hydrogen) atoms. The van der Waals surface area contributed by atoms with Crippen molar-refractivity contribution in [1.82, 2.24) is 15.2 Å². The molecule has 2 fully saturated rings. The summed E-state index contributed by atoms with van der Waals surface area (Å²) in [6.07, 6.45) is -8.17. The molecule has 22 heteroatoms. The van der Waals surface area contributed by atoms with Crippen LogP contribution >= 0.6 is 23.1 Å². The number of alkyl halides is 6. The number of β-lactam (4-membered cyclic amide) rings is 1. The molecule has 4 heterocycles. The molecule has 1 aromatic heterocycles. The number of allylic oxidation sites excluding steroid dienone is 1. The Morgan fingerprint density at radius 3 is 2.33 bits per heavy atom. The zero-order valence-corrected chi connectivity index (χ0v) is 25.2. The SMILES string of the molecule is Nc1nc(/C(=N/O)C(=O)N[C@@H]2C(=O)N3C(C(=O)O)=C(/C=C4\CCN(c5cccc(C(F)(F)F)c5)C4=O)CS[C@H]23)cs1.O=C(O)C(F)(F)F. The average Bonchev–Trinajstić information content (AvgIpc) is 3.60. The number of thioether (sulfide) groups is 1. The molecule has 256 valence electrons. The van der Waals surface area contributed by atoms with E-state index < -0.39 is 64.7 Å². The maximum absolute atomic E-state index is 13.1. The van der Waals surface area contributed by atoms with Crippen LogP contribution in [0.25, 0.3) is 0 Å². The monoisotopic (exact) mass is 722 g/mol. The molecule has 3 amide bonds. The van der Waals surface area contributed by atoms with Crippen LogP contribution < -0.4 is 16.0 Å². The van der Waals surface area contributed by atoms with Gasteiger partial charge in [-0.05, 0) is 36.3 Å². The first kappa shape index (κ1) is 35.7. The lowest BCUT2D eigenvalue weighted by Crippen LogP contribution is -2.71. The van der Waals surface area contributed by atoms with Crippen LogP contribution in [0.5, 0.6) is 0 Å². The van der Waals surface area contributed by atoms with Gasteiger partial charge in [0.15, 0.2) is 10.8 Å². The van der Waals surface area contributed by atoms with Gasteiger partial charge in [0.1, 0.15) is 22.8 Å². The number of fused-ring (bicyclic) bond motifs is 1. The number of hydrogen-bond donors (Lipinski definition) is 5. The number of anilines is 2. The molecule has 5 rings (SSSR count). The van der Waals surface area contributed by atoms with E-state index >= 15 is 0 Å². The third-order valence-electron chi connectivity index (χ3n) is 6.77. The second kappa shape index (κ2) is 13.5. The molecular formula is C26H20F6N6O8S2. The lowest BCUT2D eigenvalue weighted by atomic mass is 10.0. The van der Waals surface area contributed by atoms with E-state index in [2.05, 4.69) is 15.5 Å². The number of thiazole rings is 1. The predicted octanol–water partition coefficient (Wildman–Crippen LogP) is 2.66. The second-order valence-corrected chi connectivity index (χ2v) is 11.8. The zero-order chi connectivity index (χ0) is 35.7. The number of carboxylic acids is 2. The quantitative estimate of drug-likeness (QED) is 0.0730. The number of nitrogens with zero attached hydrogens (tertiary/aromatic N) is 4. The summed E-state index contributed by atoms with van der Waals surface area (Å²) in [5, 5.41) is 32.4. The minimum Gasteiger partial charge on any atom is -0.477 e. The van der Waals surface area contributed by atoms with Gasteiger partial charge in [-0.2, -0.15) is 26.3 Å². The summed E-state index contributed by atoms with van der Waals surface area (Å²) >= 11 is 2.15. The summed E-state index contributed by atoms with van der Waals surface area (Å²) in [6.45, 7) is 0.0908. The van der Waals surface area contributed by atoms with Crippen LogP contribution in [0.15, 0.2) is 57.7 Å².